The molecule has 1 heterocycles. The lowest BCUT2D eigenvalue weighted by molar-refractivity contribution is -0.156. The van der Waals surface area contributed by atoms with E-state index in [1.54, 1.807) is 0 Å². The second-order valence-corrected chi connectivity index (χ2v) is 7.84. The molecule has 10 heteroatoms. The van der Waals surface area contributed by atoms with Gasteiger partial charge in [-0.05, 0) is 19.1 Å². The van der Waals surface area contributed by atoms with Crippen molar-refractivity contribution in [3.05, 3.63) is 18.2 Å². The van der Waals surface area contributed by atoms with E-state index in [-0.39, 0.29) is 11.3 Å². The molecule has 9 nitrogen and oxygen atoms in total. The number of nitrogens with one attached hydrogen (secondary N) is 1. The first-order chi connectivity index (χ1) is 11.6. The zero-order valence-corrected chi connectivity index (χ0v) is 14.3. The molecule has 0 radical (unpaired) electrons. The quantitative estimate of drug-likeness (QED) is 0.585. The average molecular weight is 373 g/mol. The molecule has 1 unspecified atom stereocenters. The Morgan fingerprint density at radius 2 is 1.88 bits per heavy atom. The minimum Gasteiger partial charge on any atom is -0.486 e. The number of ether oxygens (including phenoxy) is 2. The molecule has 0 aromatic heterocycles. The van der Waals surface area contributed by atoms with E-state index >= 15 is 0 Å². The van der Waals surface area contributed by atoms with Gasteiger partial charge in [0.15, 0.2) is 26.9 Å². The van der Waals surface area contributed by atoms with Gasteiger partial charge in [-0.25, -0.2) is 13.2 Å². The van der Waals surface area contributed by atoms with Gasteiger partial charge >= 0.3 is 5.97 Å². The molecule has 1 amide bonds. The van der Waals surface area contributed by atoms with Crippen molar-refractivity contribution in [1.82, 2.24) is 5.32 Å². The molecule has 0 bridgehead atoms. The van der Waals surface area contributed by atoms with E-state index < -0.39 is 39.6 Å². The Labute approximate surface area is 144 Å². The van der Waals surface area contributed by atoms with Crippen molar-refractivity contribution in [2.75, 3.05) is 25.5 Å². The van der Waals surface area contributed by atoms with Gasteiger partial charge < -0.3 is 25.0 Å². The summed E-state index contributed by atoms with van der Waals surface area (Å²) < 4.78 is 35.3. The summed E-state index contributed by atoms with van der Waals surface area (Å²) in [5.74, 6) is -1.85. The number of carbonyl (C=O) groups excluding carboxylic acids is 1. The third kappa shape index (κ3) is 4.83. The Hall–Kier alpha value is -2.33. The summed E-state index contributed by atoms with van der Waals surface area (Å²) in [6.45, 7) is 1.22. The molecular formula is C15H19NO8S. The van der Waals surface area contributed by atoms with Crippen LogP contribution in [-0.2, 0) is 19.4 Å². The van der Waals surface area contributed by atoms with Gasteiger partial charge in [0.2, 0.25) is 5.91 Å². The van der Waals surface area contributed by atoms with Crippen LogP contribution in [0.4, 0.5) is 0 Å². The fourth-order valence-electron chi connectivity index (χ4n) is 2.00. The van der Waals surface area contributed by atoms with Crippen molar-refractivity contribution in [3.8, 4) is 11.5 Å². The number of rotatable bonds is 7. The molecule has 1 aliphatic rings. The molecule has 1 aromatic rings. The monoisotopic (exact) mass is 373 g/mol. The number of benzene rings is 1. The number of amides is 1. The van der Waals surface area contributed by atoms with E-state index in [0.29, 0.717) is 24.7 Å². The Morgan fingerprint density at radius 3 is 2.52 bits per heavy atom. The standard InChI is InChI=1S/C15H19NO8S/c1-15(20,14(18)19)9-16-13(17)4-7-25(21,22)10-2-3-11-12(8-10)24-6-5-23-11/h2-3,8,20H,4-7,9H2,1H3,(H,16,17)(H,18,19). The van der Waals surface area contributed by atoms with E-state index in [4.69, 9.17) is 14.6 Å². The fourth-order valence-corrected chi connectivity index (χ4v) is 3.25. The Balaban J connectivity index is 1.95. The summed E-state index contributed by atoms with van der Waals surface area (Å²) in [4.78, 5) is 22.4. The third-order valence-corrected chi connectivity index (χ3v) is 5.27. The first kappa shape index (κ1) is 19.0. The topological polar surface area (TPSA) is 139 Å². The predicted molar refractivity (Wildman–Crippen MR) is 85.4 cm³/mol. The Morgan fingerprint density at radius 1 is 1.24 bits per heavy atom. The first-order valence-corrected chi connectivity index (χ1v) is 9.12. The smallest absolute Gasteiger partial charge is 0.337 e. The summed E-state index contributed by atoms with van der Waals surface area (Å²) in [5, 5.41) is 20.4. The summed E-state index contributed by atoms with van der Waals surface area (Å²) in [7, 11) is -3.73. The summed E-state index contributed by atoms with van der Waals surface area (Å²) in [6, 6.07) is 4.21. The number of sulfone groups is 1. The minimum absolute atomic E-state index is 0.00193. The number of hydrogen-bond donors (Lipinski definition) is 3. The number of carbonyl (C=O) groups is 2. The van der Waals surface area contributed by atoms with Gasteiger partial charge in [0.25, 0.3) is 0 Å². The highest BCUT2D eigenvalue weighted by atomic mass is 32.2. The maximum absolute atomic E-state index is 12.3. The number of aliphatic carboxylic acids is 1. The second-order valence-electron chi connectivity index (χ2n) is 5.73. The van der Waals surface area contributed by atoms with Crippen LogP contribution in [0.15, 0.2) is 23.1 Å². The van der Waals surface area contributed by atoms with Crippen molar-refractivity contribution in [2.45, 2.75) is 23.8 Å². The zero-order valence-electron chi connectivity index (χ0n) is 13.5. The van der Waals surface area contributed by atoms with E-state index in [0.717, 1.165) is 6.92 Å². The molecule has 0 spiro atoms. The molecule has 0 saturated heterocycles. The van der Waals surface area contributed by atoms with Crippen LogP contribution in [0.2, 0.25) is 0 Å². The molecule has 138 valence electrons. The Kier molecular flexibility index (Phi) is 5.53. The number of carboxylic acids is 1. The Bertz CT molecular complexity index is 772. The SMILES string of the molecule is CC(O)(CNC(=O)CCS(=O)(=O)c1ccc2c(c1)OCCO2)C(=O)O. The molecule has 1 atom stereocenters. The van der Waals surface area contributed by atoms with Crippen LogP contribution in [0.25, 0.3) is 0 Å². The van der Waals surface area contributed by atoms with Crippen molar-refractivity contribution < 1.29 is 37.7 Å². The molecule has 1 aliphatic heterocycles. The van der Waals surface area contributed by atoms with Gasteiger partial charge in [-0.1, -0.05) is 0 Å². The van der Waals surface area contributed by atoms with Crippen LogP contribution in [0, 0.1) is 0 Å². The molecular weight excluding hydrogens is 354 g/mol. The van der Waals surface area contributed by atoms with E-state index in [2.05, 4.69) is 5.32 Å². The molecule has 0 aliphatic carbocycles. The summed E-state index contributed by atoms with van der Waals surface area (Å²) >= 11 is 0. The van der Waals surface area contributed by atoms with E-state index in [9.17, 15) is 23.1 Å². The highest BCUT2D eigenvalue weighted by molar-refractivity contribution is 7.91. The minimum atomic E-state index is -3.73. The van der Waals surface area contributed by atoms with Crippen LogP contribution < -0.4 is 14.8 Å². The van der Waals surface area contributed by atoms with Crippen molar-refractivity contribution in [3.63, 3.8) is 0 Å². The van der Waals surface area contributed by atoms with Crippen LogP contribution in [0.5, 0.6) is 11.5 Å². The van der Waals surface area contributed by atoms with Gasteiger partial charge in [0.05, 0.1) is 17.2 Å². The number of hydrogen-bond acceptors (Lipinski definition) is 7. The highest BCUT2D eigenvalue weighted by Gasteiger charge is 2.30. The largest absolute Gasteiger partial charge is 0.486 e. The predicted octanol–water partition coefficient (Wildman–Crippen LogP) is -0.427. The lowest BCUT2D eigenvalue weighted by Crippen LogP contribution is -2.46. The van der Waals surface area contributed by atoms with Crippen molar-refractivity contribution >= 4 is 21.7 Å². The van der Waals surface area contributed by atoms with E-state index in [1.807, 2.05) is 0 Å². The van der Waals surface area contributed by atoms with Gasteiger partial charge in [-0.2, -0.15) is 0 Å². The molecule has 0 saturated carbocycles. The van der Waals surface area contributed by atoms with Crippen molar-refractivity contribution in [1.29, 1.82) is 0 Å². The molecule has 25 heavy (non-hydrogen) atoms. The molecule has 1 aromatic carbocycles. The second kappa shape index (κ2) is 7.28. The lowest BCUT2D eigenvalue weighted by atomic mass is 10.1. The molecule has 3 N–H and O–H groups in total. The van der Waals surface area contributed by atoms with Crippen LogP contribution in [0.3, 0.4) is 0 Å². The highest BCUT2D eigenvalue weighted by Crippen LogP contribution is 2.32. The van der Waals surface area contributed by atoms with Crippen LogP contribution in [-0.4, -0.2) is 61.6 Å². The first-order valence-electron chi connectivity index (χ1n) is 7.47. The summed E-state index contributed by atoms with van der Waals surface area (Å²) in [5.41, 5.74) is -2.12. The number of fused-ring (bicyclic) bond motifs is 1. The van der Waals surface area contributed by atoms with Gasteiger partial charge in [0.1, 0.15) is 13.2 Å². The van der Waals surface area contributed by atoms with Gasteiger partial charge in [-0.15, -0.1) is 0 Å². The van der Waals surface area contributed by atoms with Gasteiger partial charge in [0, 0.05) is 12.5 Å². The average Bonchev–Trinajstić information content (AvgIpc) is 2.57. The number of aliphatic hydroxyl groups is 1. The fraction of sp³-hybridized carbons (Fsp3) is 0.467. The van der Waals surface area contributed by atoms with E-state index in [1.165, 1.54) is 18.2 Å². The maximum Gasteiger partial charge on any atom is 0.337 e. The van der Waals surface area contributed by atoms with Crippen molar-refractivity contribution in [2.24, 2.45) is 0 Å². The normalized spacial score (nSPS) is 15.9. The lowest BCUT2D eigenvalue weighted by Gasteiger charge is -2.19. The van der Waals surface area contributed by atoms with Crippen LogP contribution in [0.1, 0.15) is 13.3 Å². The van der Waals surface area contributed by atoms with Gasteiger partial charge in [-0.3, -0.25) is 4.79 Å². The summed E-state index contributed by atoms with van der Waals surface area (Å²) in [6.07, 6.45) is -0.369. The number of carboxylic acid groups (broad SMARTS) is 1. The molecule has 0 fully saturated rings. The third-order valence-electron chi connectivity index (χ3n) is 3.56. The maximum atomic E-state index is 12.3. The molecule has 2 rings (SSSR count). The van der Waals surface area contributed by atoms with Crippen LogP contribution >= 0.6 is 0 Å². The zero-order chi connectivity index (χ0) is 18.7.